The van der Waals surface area contributed by atoms with Gasteiger partial charge in [-0.05, 0) is 43.9 Å². The lowest BCUT2D eigenvalue weighted by atomic mass is 9.68. The Bertz CT molecular complexity index is 366. The predicted molar refractivity (Wildman–Crippen MR) is 80.2 cm³/mol. The molecule has 2 aliphatic heterocycles. The van der Waals surface area contributed by atoms with E-state index in [0.29, 0.717) is 12.1 Å². The Kier molecular flexibility index (Phi) is 3.49. The third-order valence-electron chi connectivity index (χ3n) is 6.53. The maximum absolute atomic E-state index is 9.14. The van der Waals surface area contributed by atoms with Gasteiger partial charge >= 0.3 is 0 Å². The first kappa shape index (κ1) is 13.1. The maximum Gasteiger partial charge on any atom is 0.0601 e. The number of oxime groups is 1. The molecule has 20 heavy (non-hydrogen) atoms. The summed E-state index contributed by atoms with van der Waals surface area (Å²) in [5, 5.41) is 12.7. The molecule has 2 saturated carbocycles. The van der Waals surface area contributed by atoms with Crippen molar-refractivity contribution < 1.29 is 5.21 Å². The highest BCUT2D eigenvalue weighted by Gasteiger charge is 2.43. The van der Waals surface area contributed by atoms with E-state index >= 15 is 0 Å². The molecule has 2 aliphatic carbocycles. The second kappa shape index (κ2) is 5.32. The second-order valence-corrected chi connectivity index (χ2v) is 7.78. The lowest BCUT2D eigenvalue weighted by molar-refractivity contribution is -0.0150. The van der Waals surface area contributed by atoms with Gasteiger partial charge in [-0.3, -0.25) is 4.90 Å². The number of piperidine rings is 2. The van der Waals surface area contributed by atoms with Crippen LogP contribution in [0.4, 0.5) is 0 Å². The highest BCUT2D eigenvalue weighted by Crippen LogP contribution is 2.45. The first-order valence-electron chi connectivity index (χ1n) is 8.80. The summed E-state index contributed by atoms with van der Waals surface area (Å²) in [5.74, 6) is 2.03. The Hall–Kier alpha value is -0.570. The van der Waals surface area contributed by atoms with Gasteiger partial charge in [0.2, 0.25) is 0 Å². The summed E-state index contributed by atoms with van der Waals surface area (Å²) in [5.41, 5.74) is 1.06. The van der Waals surface area contributed by atoms with Crippen molar-refractivity contribution in [3.63, 3.8) is 0 Å². The summed E-state index contributed by atoms with van der Waals surface area (Å²) >= 11 is 0. The molecule has 4 rings (SSSR count). The SMILES string of the molecule is ON=C1C[C@H]2CCC[C@@H](C1)N2[C@H]1C[C@@H]2CCC[C@@H](C2)C1. The van der Waals surface area contributed by atoms with E-state index in [9.17, 15) is 0 Å². The van der Waals surface area contributed by atoms with Gasteiger partial charge in [0.1, 0.15) is 0 Å². The summed E-state index contributed by atoms with van der Waals surface area (Å²) in [6.45, 7) is 0. The topological polar surface area (TPSA) is 35.8 Å². The Labute approximate surface area is 122 Å². The minimum absolute atomic E-state index is 0.678. The van der Waals surface area contributed by atoms with E-state index < -0.39 is 0 Å². The number of nitrogens with zero attached hydrogens (tertiary/aromatic N) is 2. The van der Waals surface area contributed by atoms with E-state index in [1.807, 2.05) is 0 Å². The molecule has 2 heterocycles. The van der Waals surface area contributed by atoms with Crippen molar-refractivity contribution in [1.29, 1.82) is 0 Å². The molecule has 0 radical (unpaired) electrons. The highest BCUT2D eigenvalue weighted by molar-refractivity contribution is 5.86. The summed E-state index contributed by atoms with van der Waals surface area (Å²) in [6, 6.07) is 2.20. The average Bonchev–Trinajstić information content (AvgIpc) is 2.45. The molecule has 0 amide bonds. The normalized spacial score (nSPS) is 47.4. The molecule has 3 heteroatoms. The van der Waals surface area contributed by atoms with Crippen LogP contribution < -0.4 is 0 Å². The third kappa shape index (κ3) is 2.28. The fraction of sp³-hybridized carbons (Fsp3) is 0.941. The van der Waals surface area contributed by atoms with Gasteiger partial charge in [0.05, 0.1) is 5.71 Å². The van der Waals surface area contributed by atoms with Crippen LogP contribution in [0.1, 0.15) is 70.6 Å². The lowest BCUT2D eigenvalue weighted by Crippen LogP contribution is -2.58. The zero-order chi connectivity index (χ0) is 13.5. The quantitative estimate of drug-likeness (QED) is 0.584. The number of rotatable bonds is 1. The van der Waals surface area contributed by atoms with Gasteiger partial charge in [0.15, 0.2) is 0 Å². The van der Waals surface area contributed by atoms with Gasteiger partial charge in [0, 0.05) is 31.0 Å². The molecular formula is C17H28N2O. The minimum Gasteiger partial charge on any atom is -0.411 e. The number of hydrogen-bond acceptors (Lipinski definition) is 3. The van der Waals surface area contributed by atoms with Crippen LogP contribution in [0, 0.1) is 11.8 Å². The van der Waals surface area contributed by atoms with Crippen molar-refractivity contribution in [2.75, 3.05) is 0 Å². The molecule has 5 atom stereocenters. The smallest absolute Gasteiger partial charge is 0.0601 e. The molecule has 0 spiro atoms. The average molecular weight is 276 g/mol. The third-order valence-corrected chi connectivity index (χ3v) is 6.53. The fourth-order valence-electron chi connectivity index (χ4n) is 5.85. The van der Waals surface area contributed by atoms with Crippen LogP contribution in [0.15, 0.2) is 5.16 Å². The summed E-state index contributed by atoms with van der Waals surface area (Å²) in [6.07, 6.45) is 15.0. The molecule has 0 aromatic heterocycles. The Morgan fingerprint density at radius 1 is 0.800 bits per heavy atom. The van der Waals surface area contributed by atoms with E-state index in [1.165, 1.54) is 57.8 Å². The van der Waals surface area contributed by atoms with E-state index in [2.05, 4.69) is 10.1 Å². The van der Waals surface area contributed by atoms with E-state index in [1.54, 1.807) is 0 Å². The van der Waals surface area contributed by atoms with Crippen LogP contribution in [0.3, 0.4) is 0 Å². The van der Waals surface area contributed by atoms with Gasteiger partial charge in [-0.25, -0.2) is 0 Å². The van der Waals surface area contributed by atoms with Gasteiger partial charge in [-0.15, -0.1) is 0 Å². The summed E-state index contributed by atoms with van der Waals surface area (Å²) in [7, 11) is 0. The lowest BCUT2D eigenvalue weighted by Gasteiger charge is -2.53. The molecule has 4 aliphatic rings. The Morgan fingerprint density at radius 3 is 2.00 bits per heavy atom. The highest BCUT2D eigenvalue weighted by atomic mass is 16.4. The largest absolute Gasteiger partial charge is 0.411 e. The molecule has 4 bridgehead atoms. The standard InChI is InChI=1S/C17H28N2O/c20-18-14-10-15-5-2-6-16(11-14)19(15)17-8-12-3-1-4-13(7-12)9-17/h12-13,15-17,20H,1-11H2/t12-,13+,15-,16+,17+. The van der Waals surface area contributed by atoms with Crippen LogP contribution in [0.5, 0.6) is 0 Å². The van der Waals surface area contributed by atoms with Gasteiger partial charge < -0.3 is 5.21 Å². The first-order chi connectivity index (χ1) is 9.83. The van der Waals surface area contributed by atoms with E-state index in [4.69, 9.17) is 5.21 Å². The van der Waals surface area contributed by atoms with Crippen LogP contribution in [0.25, 0.3) is 0 Å². The molecule has 4 fully saturated rings. The minimum atomic E-state index is 0.678. The number of fused-ring (bicyclic) bond motifs is 4. The van der Waals surface area contributed by atoms with Crippen molar-refractivity contribution in [1.82, 2.24) is 4.90 Å². The van der Waals surface area contributed by atoms with Crippen LogP contribution in [-0.4, -0.2) is 33.9 Å². The van der Waals surface area contributed by atoms with Gasteiger partial charge in [0.25, 0.3) is 0 Å². The van der Waals surface area contributed by atoms with Crippen LogP contribution in [0.2, 0.25) is 0 Å². The number of hydrogen-bond donors (Lipinski definition) is 1. The monoisotopic (exact) mass is 276 g/mol. The van der Waals surface area contributed by atoms with E-state index in [-0.39, 0.29) is 0 Å². The van der Waals surface area contributed by atoms with Crippen molar-refractivity contribution in [3.8, 4) is 0 Å². The second-order valence-electron chi connectivity index (χ2n) is 7.78. The first-order valence-corrected chi connectivity index (χ1v) is 8.80. The molecule has 112 valence electrons. The van der Waals surface area contributed by atoms with Gasteiger partial charge in [-0.1, -0.05) is 30.8 Å². The van der Waals surface area contributed by atoms with Crippen LogP contribution >= 0.6 is 0 Å². The molecule has 0 aromatic carbocycles. The summed E-state index contributed by atoms with van der Waals surface area (Å²) in [4.78, 5) is 2.89. The molecule has 0 aromatic rings. The van der Waals surface area contributed by atoms with Crippen molar-refractivity contribution in [3.05, 3.63) is 0 Å². The molecule has 1 N–H and O–H groups in total. The van der Waals surface area contributed by atoms with Crippen molar-refractivity contribution in [2.24, 2.45) is 17.0 Å². The molecule has 3 nitrogen and oxygen atoms in total. The van der Waals surface area contributed by atoms with Crippen molar-refractivity contribution >= 4 is 5.71 Å². The van der Waals surface area contributed by atoms with Gasteiger partial charge in [-0.2, -0.15) is 0 Å². The maximum atomic E-state index is 9.14. The van der Waals surface area contributed by atoms with E-state index in [0.717, 1.165) is 36.4 Å². The Balaban J connectivity index is 1.52. The zero-order valence-corrected chi connectivity index (χ0v) is 12.5. The van der Waals surface area contributed by atoms with Crippen molar-refractivity contribution in [2.45, 2.75) is 88.8 Å². The predicted octanol–water partition coefficient (Wildman–Crippen LogP) is 3.80. The molecule has 0 unspecified atom stereocenters. The fourth-order valence-corrected chi connectivity index (χ4v) is 5.85. The Morgan fingerprint density at radius 2 is 1.40 bits per heavy atom. The summed E-state index contributed by atoms with van der Waals surface area (Å²) < 4.78 is 0. The molecular weight excluding hydrogens is 248 g/mol. The van der Waals surface area contributed by atoms with Crippen LogP contribution in [-0.2, 0) is 0 Å². The molecule has 2 saturated heterocycles. The zero-order valence-electron chi connectivity index (χ0n) is 12.5.